The summed E-state index contributed by atoms with van der Waals surface area (Å²) in [5, 5.41) is 8.53. The van der Waals surface area contributed by atoms with Gasteiger partial charge in [-0.2, -0.15) is 10.2 Å². The molecule has 1 aromatic carbocycles. The maximum Gasteiger partial charge on any atom is 0.351 e. The summed E-state index contributed by atoms with van der Waals surface area (Å²) < 4.78 is 38.6. The first-order valence-electron chi connectivity index (χ1n) is 11.8. The lowest BCUT2D eigenvalue weighted by atomic mass is 9.99. The monoisotopic (exact) mass is 472 g/mol. The molecule has 2 unspecified atom stereocenters. The number of rotatable bonds is 8. The minimum absolute atomic E-state index is 0.0834. The minimum atomic E-state index is -1.20. The fraction of sp³-hybridized carbons (Fsp3) is 0.542. The summed E-state index contributed by atoms with van der Waals surface area (Å²) in [5.74, 6) is 0.708. The predicted molar refractivity (Wildman–Crippen MR) is 122 cm³/mol. The summed E-state index contributed by atoms with van der Waals surface area (Å²) in [5.41, 5.74) is 0.570. The average Bonchev–Trinajstić information content (AvgIpc) is 3.40. The van der Waals surface area contributed by atoms with E-state index in [1.165, 1.54) is 21.4 Å². The van der Waals surface area contributed by atoms with Crippen LogP contribution in [0.15, 0.2) is 41.3 Å². The molecule has 2 saturated heterocycles. The quantitative estimate of drug-likeness (QED) is 0.504. The van der Waals surface area contributed by atoms with E-state index in [9.17, 15) is 9.18 Å². The summed E-state index contributed by atoms with van der Waals surface area (Å²) in [6.07, 6.45) is 4.44. The van der Waals surface area contributed by atoms with Crippen LogP contribution < -0.4 is 5.69 Å². The molecule has 2 bridgehead atoms. The first-order valence-corrected chi connectivity index (χ1v) is 11.8. The molecule has 8 nitrogen and oxygen atoms in total. The summed E-state index contributed by atoms with van der Waals surface area (Å²) in [6, 6.07) is 8.65. The van der Waals surface area contributed by atoms with Gasteiger partial charge in [-0.25, -0.2) is 22.8 Å². The Morgan fingerprint density at radius 2 is 1.79 bits per heavy atom. The van der Waals surface area contributed by atoms with Crippen molar-refractivity contribution >= 4 is 0 Å². The maximum absolute atomic E-state index is 15.1. The fourth-order valence-corrected chi connectivity index (χ4v) is 5.35. The van der Waals surface area contributed by atoms with Crippen LogP contribution in [0.2, 0.25) is 0 Å². The number of alkyl halides is 1. The van der Waals surface area contributed by atoms with Crippen LogP contribution in [0.3, 0.4) is 0 Å². The van der Waals surface area contributed by atoms with Crippen molar-refractivity contribution in [2.45, 2.75) is 70.1 Å². The van der Waals surface area contributed by atoms with Gasteiger partial charge in [0.15, 0.2) is 5.82 Å². The lowest BCUT2D eigenvalue weighted by Gasteiger charge is -2.39. The van der Waals surface area contributed by atoms with E-state index in [1.807, 2.05) is 0 Å². The molecule has 3 atom stereocenters. The topological polar surface area (TPSA) is 70.1 Å². The van der Waals surface area contributed by atoms with Gasteiger partial charge in [-0.05, 0) is 50.3 Å². The zero-order chi connectivity index (χ0) is 23.8. The van der Waals surface area contributed by atoms with E-state index in [0.29, 0.717) is 18.2 Å². The number of nitrogens with zero attached hydrogens (tertiary/aromatic N) is 6. The van der Waals surface area contributed by atoms with Gasteiger partial charge < -0.3 is 4.74 Å². The fourth-order valence-electron chi connectivity index (χ4n) is 5.35. The Morgan fingerprint density at radius 3 is 2.44 bits per heavy atom. The number of hydrogen-bond donors (Lipinski definition) is 0. The molecule has 0 spiro atoms. The van der Waals surface area contributed by atoms with Crippen LogP contribution in [-0.4, -0.2) is 59.9 Å². The number of ether oxygens (including phenoxy) is 1. The van der Waals surface area contributed by atoms with Crippen molar-refractivity contribution in [3.05, 3.63) is 64.2 Å². The molecule has 5 rings (SSSR count). The van der Waals surface area contributed by atoms with Gasteiger partial charge in [-0.1, -0.05) is 12.1 Å². The Kier molecular flexibility index (Phi) is 6.35. The van der Waals surface area contributed by atoms with E-state index in [4.69, 9.17) is 4.74 Å². The van der Waals surface area contributed by atoms with Crippen molar-refractivity contribution in [2.24, 2.45) is 7.05 Å². The second-order valence-electron chi connectivity index (χ2n) is 9.40. The van der Waals surface area contributed by atoms with Gasteiger partial charge in [0.25, 0.3) is 0 Å². The van der Waals surface area contributed by atoms with Crippen LogP contribution in [-0.2, 0) is 24.9 Å². The van der Waals surface area contributed by atoms with Crippen LogP contribution in [0.5, 0.6) is 0 Å². The van der Waals surface area contributed by atoms with Gasteiger partial charge >= 0.3 is 5.69 Å². The molecule has 0 N–H and O–H groups in total. The Balaban J connectivity index is 1.17. The van der Waals surface area contributed by atoms with Gasteiger partial charge in [0.05, 0.1) is 19.3 Å². The molecule has 0 saturated carbocycles. The van der Waals surface area contributed by atoms with Crippen molar-refractivity contribution in [3.63, 3.8) is 0 Å². The van der Waals surface area contributed by atoms with E-state index < -0.39 is 6.17 Å². The lowest BCUT2D eigenvalue weighted by Crippen LogP contribution is -2.48. The second kappa shape index (κ2) is 9.42. The van der Waals surface area contributed by atoms with Gasteiger partial charge in [0.2, 0.25) is 0 Å². The van der Waals surface area contributed by atoms with E-state index in [2.05, 4.69) is 15.1 Å². The zero-order valence-corrected chi connectivity index (χ0v) is 19.5. The van der Waals surface area contributed by atoms with E-state index in [1.54, 1.807) is 43.0 Å². The number of hydrogen-bond acceptors (Lipinski definition) is 5. The molecule has 182 valence electrons. The second-order valence-corrected chi connectivity index (χ2v) is 9.40. The third-order valence-corrected chi connectivity index (χ3v) is 6.95. The van der Waals surface area contributed by atoms with Gasteiger partial charge in [0.1, 0.15) is 17.8 Å². The molecule has 2 aromatic heterocycles. The van der Waals surface area contributed by atoms with Crippen LogP contribution in [0.4, 0.5) is 8.78 Å². The highest BCUT2D eigenvalue weighted by Gasteiger charge is 2.42. The van der Waals surface area contributed by atoms with Crippen LogP contribution in [0.1, 0.15) is 37.1 Å². The first-order chi connectivity index (χ1) is 16.4. The number of aryl methyl sites for hydroxylation is 2. The molecule has 2 fully saturated rings. The van der Waals surface area contributed by atoms with Crippen molar-refractivity contribution in [2.75, 3.05) is 6.54 Å². The van der Waals surface area contributed by atoms with Gasteiger partial charge in [0, 0.05) is 37.9 Å². The Bertz CT molecular complexity index is 1170. The highest BCUT2D eigenvalue weighted by Crippen LogP contribution is 2.37. The number of halogens is 2. The lowest BCUT2D eigenvalue weighted by molar-refractivity contribution is -0.0342. The molecule has 0 amide bonds. The summed E-state index contributed by atoms with van der Waals surface area (Å²) >= 11 is 0. The SMILES string of the molecule is Cc1nn(C[C@@H](F)CN2C3CCC2CC(OCc2ccc(F)cc2)C3)c(=O)n1-c1ccn(C)n1. The number of aromatic nitrogens is 5. The third kappa shape index (κ3) is 4.69. The van der Waals surface area contributed by atoms with Crippen molar-refractivity contribution in [3.8, 4) is 5.82 Å². The molecule has 3 aromatic rings. The predicted octanol–water partition coefficient (Wildman–Crippen LogP) is 2.77. The van der Waals surface area contributed by atoms with E-state index >= 15 is 4.39 Å². The van der Waals surface area contributed by atoms with Crippen molar-refractivity contribution in [1.82, 2.24) is 29.0 Å². The van der Waals surface area contributed by atoms with Crippen LogP contribution >= 0.6 is 0 Å². The van der Waals surface area contributed by atoms with Gasteiger partial charge in [-0.15, -0.1) is 0 Å². The molecular weight excluding hydrogens is 442 g/mol. The molecule has 4 heterocycles. The van der Waals surface area contributed by atoms with Crippen molar-refractivity contribution < 1.29 is 13.5 Å². The molecule has 2 aliphatic rings. The normalized spacial score (nSPS) is 23.5. The maximum atomic E-state index is 15.1. The number of benzene rings is 1. The Labute approximate surface area is 196 Å². The zero-order valence-electron chi connectivity index (χ0n) is 19.5. The Hall–Kier alpha value is -2.85. The van der Waals surface area contributed by atoms with E-state index in [0.717, 1.165) is 31.2 Å². The van der Waals surface area contributed by atoms with Crippen LogP contribution in [0, 0.1) is 12.7 Å². The van der Waals surface area contributed by atoms with Crippen molar-refractivity contribution in [1.29, 1.82) is 0 Å². The summed E-state index contributed by atoms with van der Waals surface area (Å²) in [7, 11) is 1.77. The molecule has 10 heteroatoms. The highest BCUT2D eigenvalue weighted by molar-refractivity contribution is 5.21. The smallest absolute Gasteiger partial charge is 0.351 e. The summed E-state index contributed by atoms with van der Waals surface area (Å²) in [6.45, 7) is 2.37. The standard InChI is InChI=1S/C24H30F2N6O2/c1-16-27-31(24(33)32(16)23-9-10-29(2)28-23)14-19(26)13-30-20-7-8-21(30)12-22(11-20)34-15-17-3-5-18(25)6-4-17/h3-6,9-10,19-22H,7-8,11-15H2,1-2H3/t19-,20?,21?,22?/m0/s1. The molecule has 2 aliphatic heterocycles. The number of piperidine rings is 1. The number of fused-ring (bicyclic) bond motifs is 2. The molecule has 0 radical (unpaired) electrons. The molecular formula is C24H30F2N6O2. The van der Waals surface area contributed by atoms with E-state index in [-0.39, 0.29) is 42.8 Å². The summed E-state index contributed by atoms with van der Waals surface area (Å²) in [4.78, 5) is 15.1. The Morgan fingerprint density at radius 1 is 1.09 bits per heavy atom. The molecule has 34 heavy (non-hydrogen) atoms. The first kappa shape index (κ1) is 22.9. The average molecular weight is 473 g/mol. The minimum Gasteiger partial charge on any atom is -0.373 e. The largest absolute Gasteiger partial charge is 0.373 e. The van der Waals surface area contributed by atoms with Crippen LogP contribution in [0.25, 0.3) is 5.82 Å². The molecule has 0 aliphatic carbocycles. The van der Waals surface area contributed by atoms with Gasteiger partial charge in [-0.3, -0.25) is 9.58 Å². The highest BCUT2D eigenvalue weighted by atomic mass is 19.1. The third-order valence-electron chi connectivity index (χ3n) is 6.95.